The Morgan fingerprint density at radius 3 is 2.45 bits per heavy atom. The number of hydrogen-bond acceptors (Lipinski definition) is 3. The second-order valence-electron chi connectivity index (χ2n) is 8.31. The number of halogens is 2. The Bertz CT molecular complexity index is 1200. The van der Waals surface area contributed by atoms with Crippen LogP contribution in [-0.2, 0) is 13.2 Å². The van der Waals surface area contributed by atoms with Crippen LogP contribution in [0.5, 0.6) is 11.5 Å². The van der Waals surface area contributed by atoms with Crippen LogP contribution in [0.2, 0.25) is 10.0 Å². The third kappa shape index (κ3) is 6.01. The molecule has 0 fully saturated rings. The molecule has 33 heavy (non-hydrogen) atoms. The first-order chi connectivity index (χ1) is 16.0. The molecule has 0 aliphatic rings. The van der Waals surface area contributed by atoms with E-state index in [0.717, 1.165) is 42.0 Å². The first kappa shape index (κ1) is 23.5. The lowest BCUT2D eigenvalue weighted by molar-refractivity contribution is 0.285. The predicted molar refractivity (Wildman–Crippen MR) is 136 cm³/mol. The molecule has 1 aromatic heterocycles. The molecule has 0 unspecified atom stereocenters. The van der Waals surface area contributed by atoms with Gasteiger partial charge in [0.1, 0.15) is 23.9 Å². The van der Waals surface area contributed by atoms with Crippen molar-refractivity contribution in [2.75, 3.05) is 6.61 Å². The Labute approximate surface area is 205 Å². The maximum Gasteiger partial charge on any atom is 0.147 e. The molecule has 0 aliphatic heterocycles. The van der Waals surface area contributed by atoms with Gasteiger partial charge in [-0.05, 0) is 66.8 Å². The monoisotopic (exact) mass is 482 g/mol. The number of hydrogen-bond donors (Lipinski definition) is 0. The SMILES string of the molecule is CC(C)c1ccc(OCCCCn2c(COc3ccc(Cl)cc3Cl)nc3ccccc32)cc1. The molecule has 4 nitrogen and oxygen atoms in total. The summed E-state index contributed by atoms with van der Waals surface area (Å²) in [5, 5.41) is 1.07. The lowest BCUT2D eigenvalue weighted by Gasteiger charge is -2.12. The molecule has 0 radical (unpaired) electrons. The van der Waals surface area contributed by atoms with Crippen LogP contribution in [0, 0.1) is 0 Å². The molecule has 0 saturated carbocycles. The molecule has 6 heteroatoms. The molecule has 0 spiro atoms. The number of rotatable bonds is 10. The highest BCUT2D eigenvalue weighted by molar-refractivity contribution is 6.35. The Morgan fingerprint density at radius 1 is 0.909 bits per heavy atom. The Balaban J connectivity index is 1.36. The molecule has 4 aromatic rings. The molecule has 172 valence electrons. The Hall–Kier alpha value is -2.69. The second kappa shape index (κ2) is 11.0. The maximum absolute atomic E-state index is 6.26. The van der Waals surface area contributed by atoms with E-state index in [-0.39, 0.29) is 0 Å². The van der Waals surface area contributed by atoms with Gasteiger partial charge in [-0.25, -0.2) is 4.98 Å². The van der Waals surface area contributed by atoms with E-state index >= 15 is 0 Å². The van der Waals surface area contributed by atoms with Gasteiger partial charge in [0.05, 0.1) is 22.7 Å². The largest absolute Gasteiger partial charge is 0.494 e. The van der Waals surface area contributed by atoms with Crippen LogP contribution in [0.15, 0.2) is 66.7 Å². The number of ether oxygens (including phenoxy) is 2. The lowest BCUT2D eigenvalue weighted by atomic mass is 10.0. The summed E-state index contributed by atoms with van der Waals surface area (Å²) in [4.78, 5) is 4.78. The molecular formula is C27H28Cl2N2O2. The van der Waals surface area contributed by atoms with Crippen molar-refractivity contribution >= 4 is 34.2 Å². The van der Waals surface area contributed by atoms with Gasteiger partial charge in [0.2, 0.25) is 0 Å². The van der Waals surface area contributed by atoms with Gasteiger partial charge in [0.15, 0.2) is 0 Å². The first-order valence-corrected chi connectivity index (χ1v) is 12.0. The van der Waals surface area contributed by atoms with Crippen molar-refractivity contribution in [3.05, 3.63) is 88.2 Å². The van der Waals surface area contributed by atoms with Gasteiger partial charge in [-0.3, -0.25) is 0 Å². The van der Waals surface area contributed by atoms with Gasteiger partial charge < -0.3 is 14.0 Å². The van der Waals surface area contributed by atoms with Gasteiger partial charge >= 0.3 is 0 Å². The summed E-state index contributed by atoms with van der Waals surface area (Å²) >= 11 is 12.2. The molecule has 1 heterocycles. The molecule has 0 N–H and O–H groups in total. The standard InChI is InChI=1S/C27H28Cl2N2O2/c1-19(2)20-9-12-22(13-10-20)32-16-6-5-15-31-25-8-4-3-7-24(25)30-27(31)18-33-26-14-11-21(28)17-23(26)29/h3-4,7-14,17,19H,5-6,15-16,18H2,1-2H3. The van der Waals surface area contributed by atoms with Crippen molar-refractivity contribution in [1.82, 2.24) is 9.55 Å². The summed E-state index contributed by atoms with van der Waals surface area (Å²) in [6.07, 6.45) is 1.92. The van der Waals surface area contributed by atoms with E-state index in [1.54, 1.807) is 18.2 Å². The molecule has 0 atom stereocenters. The maximum atomic E-state index is 6.26. The summed E-state index contributed by atoms with van der Waals surface area (Å²) < 4.78 is 14.1. The summed E-state index contributed by atoms with van der Waals surface area (Å²) in [7, 11) is 0. The smallest absolute Gasteiger partial charge is 0.147 e. The highest BCUT2D eigenvalue weighted by atomic mass is 35.5. The van der Waals surface area contributed by atoms with Crippen molar-refractivity contribution in [3.63, 3.8) is 0 Å². The van der Waals surface area contributed by atoms with Gasteiger partial charge in [-0.15, -0.1) is 0 Å². The fourth-order valence-corrected chi connectivity index (χ4v) is 4.19. The molecule has 4 rings (SSSR count). The summed E-state index contributed by atoms with van der Waals surface area (Å²) in [6.45, 7) is 6.23. The zero-order chi connectivity index (χ0) is 23.2. The zero-order valence-corrected chi connectivity index (χ0v) is 20.4. The van der Waals surface area contributed by atoms with E-state index in [2.05, 4.69) is 48.7 Å². The number of para-hydroxylation sites is 2. The van der Waals surface area contributed by atoms with Crippen LogP contribution >= 0.6 is 23.2 Å². The van der Waals surface area contributed by atoms with Crippen LogP contribution < -0.4 is 9.47 Å². The number of nitrogens with zero attached hydrogens (tertiary/aromatic N) is 2. The minimum atomic E-state index is 0.328. The molecule has 0 aliphatic carbocycles. The highest BCUT2D eigenvalue weighted by Gasteiger charge is 2.12. The van der Waals surface area contributed by atoms with Gasteiger partial charge in [0.25, 0.3) is 0 Å². The average Bonchev–Trinajstić information content (AvgIpc) is 3.16. The van der Waals surface area contributed by atoms with E-state index in [1.165, 1.54) is 5.56 Å². The molecule has 3 aromatic carbocycles. The molecular weight excluding hydrogens is 455 g/mol. The number of benzene rings is 3. The van der Waals surface area contributed by atoms with Crippen molar-refractivity contribution < 1.29 is 9.47 Å². The van der Waals surface area contributed by atoms with E-state index in [4.69, 9.17) is 37.7 Å². The normalized spacial score (nSPS) is 11.3. The summed E-state index contributed by atoms with van der Waals surface area (Å²) in [6, 6.07) is 21.7. The van der Waals surface area contributed by atoms with E-state index < -0.39 is 0 Å². The first-order valence-electron chi connectivity index (χ1n) is 11.3. The van der Waals surface area contributed by atoms with Crippen LogP contribution in [0.4, 0.5) is 0 Å². The fraction of sp³-hybridized carbons (Fsp3) is 0.296. The minimum Gasteiger partial charge on any atom is -0.494 e. The third-order valence-electron chi connectivity index (χ3n) is 5.58. The van der Waals surface area contributed by atoms with Crippen LogP contribution in [0.3, 0.4) is 0 Å². The van der Waals surface area contributed by atoms with E-state index in [1.807, 2.05) is 18.2 Å². The number of unbranched alkanes of at least 4 members (excludes halogenated alkanes) is 1. The van der Waals surface area contributed by atoms with Crippen molar-refractivity contribution in [2.45, 2.75) is 45.8 Å². The van der Waals surface area contributed by atoms with Crippen molar-refractivity contribution in [3.8, 4) is 11.5 Å². The van der Waals surface area contributed by atoms with Crippen molar-refractivity contribution in [2.24, 2.45) is 0 Å². The summed E-state index contributed by atoms with van der Waals surface area (Å²) in [5.41, 5.74) is 3.38. The quantitative estimate of drug-likeness (QED) is 0.215. The second-order valence-corrected chi connectivity index (χ2v) is 9.15. The van der Waals surface area contributed by atoms with Crippen LogP contribution in [0.1, 0.15) is 44.0 Å². The number of aryl methyl sites for hydroxylation is 1. The van der Waals surface area contributed by atoms with Gasteiger partial charge in [0, 0.05) is 11.6 Å². The van der Waals surface area contributed by atoms with Crippen LogP contribution in [-0.4, -0.2) is 16.2 Å². The Morgan fingerprint density at radius 2 is 1.70 bits per heavy atom. The lowest BCUT2D eigenvalue weighted by Crippen LogP contribution is -2.09. The van der Waals surface area contributed by atoms with E-state index in [9.17, 15) is 0 Å². The highest BCUT2D eigenvalue weighted by Crippen LogP contribution is 2.28. The number of imidazole rings is 1. The molecule has 0 saturated heterocycles. The fourth-order valence-electron chi connectivity index (χ4n) is 3.73. The predicted octanol–water partition coefficient (Wildman–Crippen LogP) is 7.90. The third-order valence-corrected chi connectivity index (χ3v) is 6.11. The Kier molecular flexibility index (Phi) is 7.79. The molecule has 0 amide bonds. The number of fused-ring (bicyclic) bond motifs is 1. The van der Waals surface area contributed by atoms with Crippen LogP contribution in [0.25, 0.3) is 11.0 Å². The van der Waals surface area contributed by atoms with Gasteiger partial charge in [-0.1, -0.05) is 61.3 Å². The van der Waals surface area contributed by atoms with Crippen molar-refractivity contribution in [1.29, 1.82) is 0 Å². The number of aromatic nitrogens is 2. The minimum absolute atomic E-state index is 0.328. The average molecular weight is 483 g/mol. The zero-order valence-electron chi connectivity index (χ0n) is 18.9. The van der Waals surface area contributed by atoms with Gasteiger partial charge in [-0.2, -0.15) is 0 Å². The topological polar surface area (TPSA) is 36.3 Å². The molecule has 0 bridgehead atoms. The summed E-state index contributed by atoms with van der Waals surface area (Å²) in [5.74, 6) is 2.91. The van der Waals surface area contributed by atoms with E-state index in [0.29, 0.717) is 34.9 Å².